The maximum atomic E-state index is 11.3. The quantitative estimate of drug-likeness (QED) is 0.0699. The maximum Gasteiger partial charge on any atom is 0.335 e. The Hall–Kier alpha value is -5.88. The molecule has 0 aromatic heterocycles. The lowest BCUT2D eigenvalue weighted by molar-refractivity contribution is -0.205. The Balaban J connectivity index is 0.000000715. The Kier molecular flexibility index (Phi) is 69.1. The minimum absolute atomic E-state index is 0.0559. The number of hydrogen-bond donors (Lipinski definition) is 0. The van der Waals surface area contributed by atoms with E-state index in [2.05, 4.69) is 80.0 Å². The Morgan fingerprint density at radius 2 is 0.496 bits per heavy atom. The molecule has 0 radical (unpaired) electrons. The first kappa shape index (κ1) is 119. The van der Waals surface area contributed by atoms with Gasteiger partial charge in [-0.25, -0.2) is 43.2 Å². The average molecular weight is 1900 g/mol. The molecule has 9 aliphatic heterocycles. The van der Waals surface area contributed by atoms with E-state index in [-0.39, 0.29) is 76.8 Å². The molecule has 31 nitrogen and oxygen atoms in total. The van der Waals surface area contributed by atoms with Crippen LogP contribution in [0.25, 0.3) is 0 Å². The van der Waals surface area contributed by atoms with E-state index in [9.17, 15) is 43.2 Å². The summed E-state index contributed by atoms with van der Waals surface area (Å²) in [4.78, 5) is 99.6. The molecule has 0 bridgehead atoms. The molecular formula is C91H146O31S5. The first-order chi connectivity index (χ1) is 60.5. The van der Waals surface area contributed by atoms with Crippen LogP contribution in [0.4, 0.5) is 0 Å². The second kappa shape index (κ2) is 73.7. The summed E-state index contributed by atoms with van der Waals surface area (Å²) in [5, 5.41) is 1.50. The first-order valence-electron chi connectivity index (χ1n) is 43.2. The largest absolute Gasteiger partial charge is 0.446 e. The SMILES string of the molecule is C=C(C)C(=O)OC1COCCC(C)O1.C=C(C)C(=O)OC1COCCCC(C)O1.C=C(C)C(=O)OC1COCCCC(C)S1.C=C(C)C(=O)OC1CSCCCC(C)O1.C=CC(=O)OC1COCCC(C)O1.C=CC(=O)OC1COCCC(C)S1.C=CC(=O)OC1COCCCC(C)O1.C=CC(=O)OC1COCCCC(C)S1.C=CC(=O)OC1CSCCCC(C)O1. The molecular weight excluding hydrogens is 1750 g/mol. The van der Waals surface area contributed by atoms with E-state index in [0.717, 1.165) is 146 Å². The number of hydrogen-bond acceptors (Lipinski definition) is 36. The van der Waals surface area contributed by atoms with Crippen molar-refractivity contribution in [1.29, 1.82) is 0 Å². The summed E-state index contributed by atoms with van der Waals surface area (Å²) in [6, 6.07) is 0. The monoisotopic (exact) mass is 1890 g/mol. The molecule has 36 heteroatoms. The van der Waals surface area contributed by atoms with Crippen LogP contribution in [-0.2, 0) is 147 Å². The third kappa shape index (κ3) is 64.6. The van der Waals surface area contributed by atoms with Gasteiger partial charge in [-0.15, -0.1) is 35.3 Å². The van der Waals surface area contributed by atoms with Gasteiger partial charge in [0.05, 0.1) is 68.0 Å². The van der Waals surface area contributed by atoms with Crippen LogP contribution < -0.4 is 0 Å². The van der Waals surface area contributed by atoms with E-state index < -0.39 is 67.6 Å². The number of ether oxygens (including phenoxy) is 22. The molecule has 18 atom stereocenters. The van der Waals surface area contributed by atoms with Gasteiger partial charge < -0.3 is 104 Å². The van der Waals surface area contributed by atoms with Crippen molar-refractivity contribution in [2.75, 3.05) is 116 Å². The zero-order chi connectivity index (χ0) is 94.9. The topological polar surface area (TPSA) is 357 Å². The normalized spacial score (nSPS) is 28.3. The van der Waals surface area contributed by atoms with Crippen molar-refractivity contribution in [3.8, 4) is 0 Å². The Bertz CT molecular complexity index is 2990. The van der Waals surface area contributed by atoms with E-state index in [1.165, 1.54) is 12.2 Å². The van der Waals surface area contributed by atoms with Crippen LogP contribution in [0.2, 0.25) is 0 Å². The molecule has 127 heavy (non-hydrogen) atoms. The van der Waals surface area contributed by atoms with Crippen LogP contribution in [0.3, 0.4) is 0 Å². The Morgan fingerprint density at radius 1 is 0.268 bits per heavy atom. The summed E-state index contributed by atoms with van der Waals surface area (Å²) in [6.45, 7) is 63.0. The van der Waals surface area contributed by atoms with Crippen LogP contribution in [0.5, 0.6) is 0 Å². The van der Waals surface area contributed by atoms with E-state index in [1.807, 2.05) is 41.5 Å². The molecule has 0 amide bonds. The number of carbonyl (C=O) groups excluding carboxylic acids is 9. The predicted molar refractivity (Wildman–Crippen MR) is 493 cm³/mol. The lowest BCUT2D eigenvalue weighted by Gasteiger charge is -2.25. The third-order valence-corrected chi connectivity index (χ3v) is 23.4. The van der Waals surface area contributed by atoms with Crippen LogP contribution in [0, 0.1) is 0 Å². The molecule has 0 saturated carbocycles. The van der Waals surface area contributed by atoms with Gasteiger partial charge in [0, 0.05) is 115 Å². The fraction of sp³-hybridized carbons (Fsp3) is 0.703. The highest BCUT2D eigenvalue weighted by Gasteiger charge is 2.29. The Morgan fingerprint density at radius 3 is 0.835 bits per heavy atom. The van der Waals surface area contributed by atoms with E-state index in [0.29, 0.717) is 122 Å². The van der Waals surface area contributed by atoms with Gasteiger partial charge in [0.25, 0.3) is 0 Å². The standard InChI is InChI=1S/C11H18O4.2C11H18O3S.2C10H16O4.2C10H16O3S.C9H14O4.C9H14O3S/c1-8(2)11(12)15-10-7-13-6-4-5-9(3)14-10;1-8(2)11(12)14-10-7-15-6-4-5-9(3)13-10;1-8(2)11(12)14-10-7-13-6-4-5-9(3)15-10;1-7(2)10(11)14-9-6-12-5-4-8(3)13-9;1-3-9(11)14-10-7-12-6-4-5-8(2)13-10;1-3-9(11)13-10-7-14-6-4-5-8(2)12-10;1-3-9(11)13-10-7-12-6-4-5-8(2)14-10;1-3-8(10)13-9-6-11-5-4-7(2)12-9;1-3-8(10)12-9-6-11-5-4-7(2)13-9/h3*9-10H,1,4-7H2,2-3H3;8-9H,1,4-6H2,2-3H3;3*3,8,10H,1,4-7H2,2H3;2*3,7,9H,1,4-6H2,2H3. The number of rotatable bonds is 18. The second-order valence-electron chi connectivity index (χ2n) is 30.2. The minimum atomic E-state index is -0.607. The molecule has 0 aliphatic carbocycles. The zero-order valence-corrected chi connectivity index (χ0v) is 81.3. The molecule has 726 valence electrons. The van der Waals surface area contributed by atoms with Crippen molar-refractivity contribution in [2.45, 2.75) is 293 Å². The van der Waals surface area contributed by atoms with Crippen molar-refractivity contribution in [1.82, 2.24) is 0 Å². The summed E-state index contributed by atoms with van der Waals surface area (Å²) in [7, 11) is 0. The van der Waals surface area contributed by atoms with E-state index >= 15 is 0 Å². The van der Waals surface area contributed by atoms with Gasteiger partial charge >= 0.3 is 53.7 Å². The van der Waals surface area contributed by atoms with E-state index in [4.69, 9.17) is 104 Å². The molecule has 18 unspecified atom stereocenters. The summed E-state index contributed by atoms with van der Waals surface area (Å²) in [6.07, 6.45) is 18.3. The van der Waals surface area contributed by atoms with Gasteiger partial charge in [-0.05, 0) is 177 Å². The van der Waals surface area contributed by atoms with Crippen molar-refractivity contribution >= 4 is 113 Å². The van der Waals surface area contributed by atoms with Gasteiger partial charge in [-0.3, -0.25) is 0 Å². The maximum absolute atomic E-state index is 11.3. The van der Waals surface area contributed by atoms with Gasteiger partial charge in [-0.1, -0.05) is 80.0 Å². The smallest absolute Gasteiger partial charge is 0.335 e. The van der Waals surface area contributed by atoms with Gasteiger partial charge in [0.2, 0.25) is 37.7 Å². The highest BCUT2D eigenvalue weighted by atomic mass is 32.2. The summed E-state index contributed by atoms with van der Waals surface area (Å²) in [5.41, 5.74) is 1.03. The molecule has 0 spiro atoms. The molecule has 0 aromatic carbocycles. The number of carbonyl (C=O) groups is 9. The Labute approximate surface area is 775 Å². The van der Waals surface area contributed by atoms with Gasteiger partial charge in [-0.2, -0.15) is 23.5 Å². The highest BCUT2D eigenvalue weighted by Crippen LogP contribution is 2.29. The highest BCUT2D eigenvalue weighted by molar-refractivity contribution is 8.01. The van der Waals surface area contributed by atoms with Gasteiger partial charge in [0.1, 0.15) is 26.4 Å². The predicted octanol–water partition coefficient (Wildman–Crippen LogP) is 15.3. The summed E-state index contributed by atoms with van der Waals surface area (Å²) >= 11 is 8.46. The van der Waals surface area contributed by atoms with Crippen LogP contribution in [0.1, 0.15) is 186 Å². The third-order valence-electron chi connectivity index (χ3n) is 17.6. The lowest BCUT2D eigenvalue weighted by atomic mass is 10.2. The van der Waals surface area contributed by atoms with Crippen molar-refractivity contribution in [3.05, 3.63) is 112 Å². The number of thioether (sulfide) groups is 5. The fourth-order valence-electron chi connectivity index (χ4n) is 10.8. The fourth-order valence-corrected chi connectivity index (χ4v) is 15.9. The molecule has 0 N–H and O–H groups in total. The van der Waals surface area contributed by atoms with Crippen LogP contribution >= 0.6 is 58.8 Å². The van der Waals surface area contributed by atoms with Gasteiger partial charge in [0.15, 0.2) is 16.3 Å². The molecule has 9 aliphatic rings. The molecule has 0 aromatic rings. The van der Waals surface area contributed by atoms with Crippen LogP contribution in [0.15, 0.2) is 112 Å². The zero-order valence-electron chi connectivity index (χ0n) is 77.2. The van der Waals surface area contributed by atoms with Crippen molar-refractivity contribution in [2.24, 2.45) is 0 Å². The number of esters is 9. The average Bonchev–Trinajstić information content (AvgIpc) is 1.93. The van der Waals surface area contributed by atoms with Crippen molar-refractivity contribution < 1.29 is 147 Å². The second-order valence-corrected chi connectivity index (χ2v) is 37.3. The summed E-state index contributed by atoms with van der Waals surface area (Å²) < 4.78 is 115. The van der Waals surface area contributed by atoms with E-state index in [1.54, 1.807) is 86.5 Å². The first-order valence-corrected chi connectivity index (χ1v) is 48.3. The lowest BCUT2D eigenvalue weighted by Crippen LogP contribution is -2.32. The summed E-state index contributed by atoms with van der Waals surface area (Å²) in [5.74, 6) is -0.0642. The van der Waals surface area contributed by atoms with Crippen molar-refractivity contribution in [3.63, 3.8) is 0 Å². The molecule has 9 saturated heterocycles. The minimum Gasteiger partial charge on any atom is -0.446 e. The molecule has 9 heterocycles. The van der Waals surface area contributed by atoms with Crippen LogP contribution in [-0.4, -0.2) is 276 Å². The molecule has 9 rings (SSSR count). The molecule has 9 fully saturated rings.